The highest BCUT2D eigenvalue weighted by Gasteiger charge is 2.10. The van der Waals surface area contributed by atoms with E-state index in [1.54, 1.807) is 6.07 Å². The fraction of sp³-hybridized carbons (Fsp3) is 0.500. The third-order valence-corrected chi connectivity index (χ3v) is 2.69. The second kappa shape index (κ2) is 7.21. The summed E-state index contributed by atoms with van der Waals surface area (Å²) >= 11 is 0. The number of nitrogens with two attached hydrogens (primary N) is 1. The molecule has 0 heterocycles. The lowest BCUT2D eigenvalue weighted by Gasteiger charge is -2.19. The van der Waals surface area contributed by atoms with Crippen molar-refractivity contribution in [3.05, 3.63) is 35.1 Å². The molecule has 1 amide bonds. The van der Waals surface area contributed by atoms with Crippen LogP contribution >= 0.6 is 0 Å². The number of nitrogens with zero attached hydrogens (tertiary/aromatic N) is 1. The molecule has 0 radical (unpaired) electrons. The van der Waals surface area contributed by atoms with Crippen LogP contribution in [0.1, 0.15) is 25.0 Å². The van der Waals surface area contributed by atoms with Gasteiger partial charge in [0.25, 0.3) is 0 Å². The molecular weight excluding hydrogens is 245 g/mol. The molecule has 0 aliphatic carbocycles. The van der Waals surface area contributed by atoms with E-state index in [0.29, 0.717) is 13.1 Å². The van der Waals surface area contributed by atoms with Gasteiger partial charge >= 0.3 is 0 Å². The Morgan fingerprint density at radius 3 is 2.68 bits per heavy atom. The highest BCUT2D eigenvalue weighted by Crippen LogP contribution is 2.12. The minimum absolute atomic E-state index is 0.0387. The van der Waals surface area contributed by atoms with Gasteiger partial charge in [0.1, 0.15) is 5.82 Å². The Labute approximate surface area is 113 Å². The lowest BCUT2D eigenvalue weighted by molar-refractivity contribution is -0.122. The van der Waals surface area contributed by atoms with E-state index in [2.05, 4.69) is 5.32 Å². The van der Waals surface area contributed by atoms with Gasteiger partial charge in [0.2, 0.25) is 5.91 Å². The summed E-state index contributed by atoms with van der Waals surface area (Å²) in [6.07, 6.45) is 0. The van der Waals surface area contributed by atoms with Gasteiger partial charge in [0.15, 0.2) is 0 Å². The quantitative estimate of drug-likeness (QED) is 0.815. The minimum Gasteiger partial charge on any atom is -0.353 e. The van der Waals surface area contributed by atoms with Crippen LogP contribution in [0.4, 0.5) is 4.39 Å². The van der Waals surface area contributed by atoms with Gasteiger partial charge in [0.05, 0.1) is 6.54 Å². The first kappa shape index (κ1) is 15.6. The normalized spacial score (nSPS) is 11.1. The zero-order chi connectivity index (χ0) is 14.4. The standard InChI is InChI=1S/C14H22FN3O/c1-10(2)17-14(19)9-18(3)8-12-6-13(15)5-4-11(12)7-16/h4-6,10H,7-9,16H2,1-3H3,(H,17,19). The third-order valence-electron chi connectivity index (χ3n) is 2.69. The van der Waals surface area contributed by atoms with E-state index in [1.807, 2.05) is 25.8 Å². The van der Waals surface area contributed by atoms with Crippen LogP contribution in [-0.2, 0) is 17.9 Å². The largest absolute Gasteiger partial charge is 0.353 e. The number of rotatable bonds is 6. The number of likely N-dealkylation sites (N-methyl/N-ethyl adjacent to an activating group) is 1. The summed E-state index contributed by atoms with van der Waals surface area (Å²) < 4.78 is 13.2. The second-order valence-corrected chi connectivity index (χ2v) is 5.01. The zero-order valence-corrected chi connectivity index (χ0v) is 11.7. The number of hydrogen-bond acceptors (Lipinski definition) is 3. The summed E-state index contributed by atoms with van der Waals surface area (Å²) in [7, 11) is 1.82. The van der Waals surface area contributed by atoms with Crippen LogP contribution in [-0.4, -0.2) is 30.4 Å². The smallest absolute Gasteiger partial charge is 0.234 e. The lowest BCUT2D eigenvalue weighted by atomic mass is 10.1. The average molecular weight is 267 g/mol. The lowest BCUT2D eigenvalue weighted by Crippen LogP contribution is -2.38. The van der Waals surface area contributed by atoms with Crippen LogP contribution in [0, 0.1) is 5.82 Å². The number of benzene rings is 1. The Kier molecular flexibility index (Phi) is 5.92. The zero-order valence-electron chi connectivity index (χ0n) is 11.7. The van der Waals surface area contributed by atoms with Gasteiger partial charge in [0, 0.05) is 19.1 Å². The molecule has 0 saturated carbocycles. The number of carbonyl (C=O) groups is 1. The van der Waals surface area contributed by atoms with E-state index in [4.69, 9.17) is 5.73 Å². The second-order valence-electron chi connectivity index (χ2n) is 5.01. The maximum atomic E-state index is 13.2. The fourth-order valence-electron chi connectivity index (χ4n) is 1.90. The van der Waals surface area contributed by atoms with E-state index in [1.165, 1.54) is 12.1 Å². The number of carbonyl (C=O) groups excluding carboxylic acids is 1. The number of nitrogens with one attached hydrogen (secondary N) is 1. The Hall–Kier alpha value is -1.46. The third kappa shape index (κ3) is 5.36. The Morgan fingerprint density at radius 2 is 2.11 bits per heavy atom. The summed E-state index contributed by atoms with van der Waals surface area (Å²) in [5, 5.41) is 2.82. The summed E-state index contributed by atoms with van der Waals surface area (Å²) in [6.45, 7) is 4.96. The predicted octanol–water partition coefficient (Wildman–Crippen LogP) is 1.24. The van der Waals surface area contributed by atoms with Crippen molar-refractivity contribution in [2.75, 3.05) is 13.6 Å². The highest BCUT2D eigenvalue weighted by atomic mass is 19.1. The molecule has 1 aromatic carbocycles. The molecule has 0 fully saturated rings. The summed E-state index contributed by atoms with van der Waals surface area (Å²) in [5.74, 6) is -0.324. The van der Waals surface area contributed by atoms with Crippen molar-refractivity contribution in [2.24, 2.45) is 5.73 Å². The van der Waals surface area contributed by atoms with Gasteiger partial charge in [-0.1, -0.05) is 6.07 Å². The van der Waals surface area contributed by atoms with Crippen LogP contribution in [0.5, 0.6) is 0 Å². The molecule has 1 aromatic rings. The average Bonchev–Trinajstić information content (AvgIpc) is 2.27. The van der Waals surface area contributed by atoms with Crippen LogP contribution in [0.3, 0.4) is 0 Å². The van der Waals surface area contributed by atoms with Crippen LogP contribution in [0.25, 0.3) is 0 Å². The molecule has 0 aromatic heterocycles. The molecule has 0 atom stereocenters. The van der Waals surface area contributed by atoms with Crippen molar-refractivity contribution < 1.29 is 9.18 Å². The molecule has 106 valence electrons. The van der Waals surface area contributed by atoms with Gasteiger partial charge in [-0.25, -0.2) is 4.39 Å². The molecule has 0 aliphatic rings. The number of halogens is 1. The molecule has 0 bridgehead atoms. The summed E-state index contributed by atoms with van der Waals surface area (Å²) in [6, 6.07) is 4.68. The molecule has 3 N–H and O–H groups in total. The van der Waals surface area contributed by atoms with Gasteiger partial charge in [-0.15, -0.1) is 0 Å². The van der Waals surface area contributed by atoms with Crippen molar-refractivity contribution in [3.8, 4) is 0 Å². The SMILES string of the molecule is CC(C)NC(=O)CN(C)Cc1cc(F)ccc1CN. The van der Waals surface area contributed by atoms with Crippen molar-refractivity contribution in [1.82, 2.24) is 10.2 Å². The first-order valence-corrected chi connectivity index (χ1v) is 6.37. The number of amides is 1. The van der Waals surface area contributed by atoms with Crippen molar-refractivity contribution in [3.63, 3.8) is 0 Å². The van der Waals surface area contributed by atoms with Crippen molar-refractivity contribution >= 4 is 5.91 Å². The van der Waals surface area contributed by atoms with E-state index in [9.17, 15) is 9.18 Å². The van der Waals surface area contributed by atoms with E-state index in [0.717, 1.165) is 11.1 Å². The van der Waals surface area contributed by atoms with Gasteiger partial charge in [-0.3, -0.25) is 9.69 Å². The molecule has 19 heavy (non-hydrogen) atoms. The first-order valence-electron chi connectivity index (χ1n) is 6.37. The molecule has 0 aliphatic heterocycles. The summed E-state index contributed by atoms with van der Waals surface area (Å²) in [4.78, 5) is 13.5. The van der Waals surface area contributed by atoms with Gasteiger partial charge < -0.3 is 11.1 Å². The fourth-order valence-corrected chi connectivity index (χ4v) is 1.90. The Morgan fingerprint density at radius 1 is 1.42 bits per heavy atom. The van der Waals surface area contributed by atoms with Gasteiger partial charge in [-0.05, 0) is 44.2 Å². The monoisotopic (exact) mass is 267 g/mol. The van der Waals surface area contributed by atoms with Crippen molar-refractivity contribution in [1.29, 1.82) is 0 Å². The van der Waals surface area contributed by atoms with E-state index in [-0.39, 0.29) is 24.3 Å². The maximum Gasteiger partial charge on any atom is 0.234 e. The molecule has 0 unspecified atom stereocenters. The maximum absolute atomic E-state index is 13.2. The topological polar surface area (TPSA) is 58.4 Å². The highest BCUT2D eigenvalue weighted by molar-refractivity contribution is 5.78. The predicted molar refractivity (Wildman–Crippen MR) is 73.9 cm³/mol. The molecular formula is C14H22FN3O. The minimum atomic E-state index is -0.285. The Balaban J connectivity index is 2.63. The van der Waals surface area contributed by atoms with Crippen LogP contribution < -0.4 is 11.1 Å². The number of hydrogen-bond donors (Lipinski definition) is 2. The molecule has 0 saturated heterocycles. The van der Waals surface area contributed by atoms with E-state index >= 15 is 0 Å². The summed E-state index contributed by atoms with van der Waals surface area (Å²) in [5.41, 5.74) is 7.35. The first-order chi connectivity index (χ1) is 8.92. The molecule has 1 rings (SSSR count). The molecule has 4 nitrogen and oxygen atoms in total. The molecule has 0 spiro atoms. The van der Waals surface area contributed by atoms with Crippen molar-refractivity contribution in [2.45, 2.75) is 33.0 Å². The van der Waals surface area contributed by atoms with Crippen LogP contribution in [0.15, 0.2) is 18.2 Å². The van der Waals surface area contributed by atoms with Gasteiger partial charge in [-0.2, -0.15) is 0 Å². The van der Waals surface area contributed by atoms with Crippen LogP contribution in [0.2, 0.25) is 0 Å². The van der Waals surface area contributed by atoms with E-state index < -0.39 is 0 Å². The Bertz CT molecular complexity index is 435. The molecule has 5 heteroatoms.